The monoisotopic (exact) mass is 211 g/mol. The molecule has 0 aliphatic carbocycles. The molecule has 0 atom stereocenters. The summed E-state index contributed by atoms with van der Waals surface area (Å²) in [7, 11) is 0. The molecule has 0 amide bonds. The Morgan fingerprint density at radius 1 is 1.33 bits per heavy atom. The summed E-state index contributed by atoms with van der Waals surface area (Å²) in [6.07, 6.45) is 0. The van der Waals surface area contributed by atoms with Crippen molar-refractivity contribution in [1.29, 1.82) is 0 Å². The third-order valence-corrected chi connectivity index (χ3v) is 2.26. The van der Waals surface area contributed by atoms with Crippen molar-refractivity contribution in [3.8, 4) is 0 Å². The first kappa shape index (κ1) is 12.1. The highest BCUT2D eigenvalue weighted by Crippen LogP contribution is 2.15. The molecule has 2 nitrogen and oxygen atoms in total. The molecule has 0 saturated carbocycles. The molecular weight excluding hydrogens is 193 g/mol. The number of rotatable bonds is 5. The lowest BCUT2D eigenvalue weighted by atomic mass is 9.95. The quantitative estimate of drug-likeness (QED) is 0.811. The molecule has 0 unspecified atom stereocenters. The lowest BCUT2D eigenvalue weighted by molar-refractivity contribution is 0.0539. The summed E-state index contributed by atoms with van der Waals surface area (Å²) >= 11 is 0. The van der Waals surface area contributed by atoms with Crippen LogP contribution in [0, 0.1) is 11.2 Å². The van der Waals surface area contributed by atoms with Crippen LogP contribution in [0.5, 0.6) is 0 Å². The fourth-order valence-corrected chi connectivity index (χ4v) is 1.11. The average molecular weight is 211 g/mol. The van der Waals surface area contributed by atoms with Crippen molar-refractivity contribution in [3.63, 3.8) is 0 Å². The predicted octanol–water partition coefficient (Wildman–Crippen LogP) is 2.33. The van der Waals surface area contributed by atoms with E-state index in [1.807, 2.05) is 13.8 Å². The first-order valence-electron chi connectivity index (χ1n) is 5.06. The molecule has 0 heterocycles. The van der Waals surface area contributed by atoms with E-state index in [9.17, 15) is 4.39 Å². The van der Waals surface area contributed by atoms with Crippen molar-refractivity contribution in [2.75, 3.05) is 13.2 Å². The molecule has 1 aromatic carbocycles. The van der Waals surface area contributed by atoms with Crippen molar-refractivity contribution in [2.24, 2.45) is 11.1 Å². The van der Waals surface area contributed by atoms with Crippen LogP contribution >= 0.6 is 0 Å². The Labute approximate surface area is 90.2 Å². The summed E-state index contributed by atoms with van der Waals surface area (Å²) in [6, 6.07) is 6.63. The van der Waals surface area contributed by atoms with Gasteiger partial charge in [-0.3, -0.25) is 0 Å². The second-order valence-corrected chi connectivity index (χ2v) is 4.45. The van der Waals surface area contributed by atoms with Crippen LogP contribution < -0.4 is 5.73 Å². The fraction of sp³-hybridized carbons (Fsp3) is 0.500. The third kappa shape index (κ3) is 3.98. The van der Waals surface area contributed by atoms with Gasteiger partial charge in [-0.05, 0) is 12.6 Å². The molecule has 0 fully saturated rings. The molecular formula is C12H18FNO. The van der Waals surface area contributed by atoms with Crippen molar-refractivity contribution in [2.45, 2.75) is 20.5 Å². The largest absolute Gasteiger partial charge is 0.376 e. The molecule has 3 heteroatoms. The van der Waals surface area contributed by atoms with Crippen LogP contribution in [0.2, 0.25) is 0 Å². The Morgan fingerprint density at radius 3 is 2.60 bits per heavy atom. The summed E-state index contributed by atoms with van der Waals surface area (Å²) in [4.78, 5) is 0. The number of hydrogen-bond donors (Lipinski definition) is 1. The molecule has 0 saturated heterocycles. The Balaban J connectivity index is 2.42. The molecule has 1 aromatic rings. The van der Waals surface area contributed by atoms with Gasteiger partial charge in [-0.25, -0.2) is 4.39 Å². The van der Waals surface area contributed by atoms with Gasteiger partial charge in [0.05, 0.1) is 13.2 Å². The van der Waals surface area contributed by atoms with Gasteiger partial charge in [0, 0.05) is 11.0 Å². The molecule has 0 bridgehead atoms. The lowest BCUT2D eigenvalue weighted by Gasteiger charge is -2.21. The minimum absolute atomic E-state index is 0.0503. The molecule has 2 N–H and O–H groups in total. The zero-order chi connectivity index (χ0) is 11.3. The van der Waals surface area contributed by atoms with E-state index < -0.39 is 0 Å². The van der Waals surface area contributed by atoms with Gasteiger partial charge < -0.3 is 10.5 Å². The maximum Gasteiger partial charge on any atom is 0.128 e. The van der Waals surface area contributed by atoms with Crippen molar-refractivity contribution >= 4 is 0 Å². The summed E-state index contributed by atoms with van der Waals surface area (Å²) in [6.45, 7) is 5.45. The molecule has 0 aromatic heterocycles. The van der Waals surface area contributed by atoms with E-state index in [-0.39, 0.29) is 11.2 Å². The number of hydrogen-bond acceptors (Lipinski definition) is 2. The molecule has 0 aliphatic heterocycles. The number of nitrogens with two attached hydrogens (primary N) is 1. The van der Waals surface area contributed by atoms with Crippen LogP contribution in [0.15, 0.2) is 24.3 Å². The van der Waals surface area contributed by atoms with Crippen LogP contribution in [0.1, 0.15) is 19.4 Å². The molecule has 84 valence electrons. The lowest BCUT2D eigenvalue weighted by Crippen LogP contribution is -2.28. The van der Waals surface area contributed by atoms with E-state index in [4.69, 9.17) is 10.5 Å². The minimum Gasteiger partial charge on any atom is -0.376 e. The maximum atomic E-state index is 13.2. The van der Waals surface area contributed by atoms with E-state index in [2.05, 4.69) is 0 Å². The van der Waals surface area contributed by atoms with Gasteiger partial charge in [0.25, 0.3) is 0 Å². The normalized spacial score (nSPS) is 11.7. The Bertz CT molecular complexity index is 312. The number of benzene rings is 1. The summed E-state index contributed by atoms with van der Waals surface area (Å²) in [5.74, 6) is -0.219. The summed E-state index contributed by atoms with van der Waals surface area (Å²) in [5.41, 5.74) is 6.10. The zero-order valence-electron chi connectivity index (χ0n) is 9.29. The molecule has 1 rings (SSSR count). The van der Waals surface area contributed by atoms with E-state index in [1.54, 1.807) is 18.2 Å². The Hall–Kier alpha value is -0.930. The molecule has 0 aliphatic rings. The van der Waals surface area contributed by atoms with Crippen LogP contribution in [0.4, 0.5) is 4.39 Å². The fourth-order valence-electron chi connectivity index (χ4n) is 1.11. The van der Waals surface area contributed by atoms with Crippen molar-refractivity contribution < 1.29 is 9.13 Å². The van der Waals surface area contributed by atoms with E-state index in [1.165, 1.54) is 6.07 Å². The summed E-state index contributed by atoms with van der Waals surface area (Å²) in [5, 5.41) is 0. The van der Waals surface area contributed by atoms with Gasteiger partial charge in [0.1, 0.15) is 5.82 Å². The average Bonchev–Trinajstić information content (AvgIpc) is 2.21. The van der Waals surface area contributed by atoms with Crippen LogP contribution in [0.25, 0.3) is 0 Å². The van der Waals surface area contributed by atoms with Gasteiger partial charge in [0.2, 0.25) is 0 Å². The maximum absolute atomic E-state index is 13.2. The molecule has 15 heavy (non-hydrogen) atoms. The first-order valence-corrected chi connectivity index (χ1v) is 5.06. The van der Waals surface area contributed by atoms with Crippen LogP contribution in [-0.4, -0.2) is 13.2 Å². The Morgan fingerprint density at radius 2 is 2.00 bits per heavy atom. The zero-order valence-corrected chi connectivity index (χ0v) is 9.29. The smallest absolute Gasteiger partial charge is 0.128 e. The second kappa shape index (κ2) is 5.24. The topological polar surface area (TPSA) is 35.2 Å². The van der Waals surface area contributed by atoms with E-state index in [0.29, 0.717) is 25.3 Å². The van der Waals surface area contributed by atoms with Gasteiger partial charge >= 0.3 is 0 Å². The highest BCUT2D eigenvalue weighted by Gasteiger charge is 2.15. The molecule has 0 radical (unpaired) electrons. The Kier molecular flexibility index (Phi) is 4.24. The van der Waals surface area contributed by atoms with Crippen molar-refractivity contribution in [1.82, 2.24) is 0 Å². The highest BCUT2D eigenvalue weighted by molar-refractivity contribution is 5.16. The number of halogens is 1. The minimum atomic E-state index is -0.219. The summed E-state index contributed by atoms with van der Waals surface area (Å²) < 4.78 is 18.6. The van der Waals surface area contributed by atoms with Gasteiger partial charge in [-0.2, -0.15) is 0 Å². The second-order valence-electron chi connectivity index (χ2n) is 4.45. The van der Waals surface area contributed by atoms with Crippen molar-refractivity contribution in [3.05, 3.63) is 35.6 Å². The van der Waals surface area contributed by atoms with Crippen LogP contribution in [-0.2, 0) is 11.3 Å². The standard InChI is InChI=1S/C12H18FNO/c1-12(2,8-14)9-15-7-10-5-3-4-6-11(10)13/h3-6H,7-9,14H2,1-2H3. The van der Waals surface area contributed by atoms with E-state index in [0.717, 1.165) is 0 Å². The third-order valence-electron chi connectivity index (χ3n) is 2.26. The highest BCUT2D eigenvalue weighted by atomic mass is 19.1. The first-order chi connectivity index (χ1) is 7.05. The predicted molar refractivity (Wildman–Crippen MR) is 58.9 cm³/mol. The SMILES string of the molecule is CC(C)(CN)COCc1ccccc1F. The molecule has 0 spiro atoms. The van der Waals surface area contributed by atoms with Gasteiger partial charge in [-0.15, -0.1) is 0 Å². The van der Waals surface area contributed by atoms with E-state index >= 15 is 0 Å². The van der Waals surface area contributed by atoms with Crippen LogP contribution in [0.3, 0.4) is 0 Å². The van der Waals surface area contributed by atoms with Gasteiger partial charge in [-0.1, -0.05) is 32.0 Å². The van der Waals surface area contributed by atoms with Gasteiger partial charge in [0.15, 0.2) is 0 Å². The number of ether oxygens (including phenoxy) is 1.